The second-order valence-corrected chi connectivity index (χ2v) is 4.65. The summed E-state index contributed by atoms with van der Waals surface area (Å²) in [5.74, 6) is -0.322. The van der Waals surface area contributed by atoms with Crippen molar-refractivity contribution in [1.29, 1.82) is 0 Å². The van der Waals surface area contributed by atoms with Gasteiger partial charge in [0.25, 0.3) is 0 Å². The summed E-state index contributed by atoms with van der Waals surface area (Å²) in [5, 5.41) is 0.198. The molecule has 0 aromatic heterocycles. The molecule has 0 atom stereocenters. The van der Waals surface area contributed by atoms with E-state index >= 15 is 0 Å². The van der Waals surface area contributed by atoms with Crippen LogP contribution >= 0.6 is 11.6 Å². The standard InChI is InChI=1S/C11H13ClFN/c1-7-4-8(5-9(12)10(7)13)6-11(14)2-3-11/h4-5H,2-3,6,14H2,1H3. The maximum absolute atomic E-state index is 13.2. The number of hydrogen-bond acceptors (Lipinski definition) is 1. The van der Waals surface area contributed by atoms with Gasteiger partial charge in [-0.2, -0.15) is 0 Å². The summed E-state index contributed by atoms with van der Waals surface area (Å²) in [6.45, 7) is 1.72. The largest absolute Gasteiger partial charge is 0.325 e. The van der Waals surface area contributed by atoms with Crippen molar-refractivity contribution < 1.29 is 4.39 Å². The molecule has 0 unspecified atom stereocenters. The summed E-state index contributed by atoms with van der Waals surface area (Å²) in [7, 11) is 0. The molecule has 2 N–H and O–H groups in total. The van der Waals surface area contributed by atoms with Crippen LogP contribution in [0.4, 0.5) is 4.39 Å². The molecule has 0 heterocycles. The highest BCUT2D eigenvalue weighted by atomic mass is 35.5. The molecule has 1 aliphatic rings. The third kappa shape index (κ3) is 1.91. The molecule has 0 radical (unpaired) electrons. The van der Waals surface area contributed by atoms with Crippen LogP contribution in [-0.2, 0) is 6.42 Å². The van der Waals surface area contributed by atoms with Crippen LogP contribution in [0.25, 0.3) is 0 Å². The highest BCUT2D eigenvalue weighted by Gasteiger charge is 2.38. The van der Waals surface area contributed by atoms with E-state index in [0.29, 0.717) is 5.56 Å². The normalized spacial score (nSPS) is 18.3. The van der Waals surface area contributed by atoms with Crippen molar-refractivity contribution in [2.45, 2.75) is 31.7 Å². The Hall–Kier alpha value is -0.600. The summed E-state index contributed by atoms with van der Waals surface area (Å²) >= 11 is 5.75. The maximum atomic E-state index is 13.2. The fourth-order valence-corrected chi connectivity index (χ4v) is 1.93. The molecular formula is C11H13ClFN. The zero-order chi connectivity index (χ0) is 10.3. The topological polar surface area (TPSA) is 26.0 Å². The van der Waals surface area contributed by atoms with Crippen molar-refractivity contribution in [3.05, 3.63) is 34.1 Å². The lowest BCUT2D eigenvalue weighted by atomic mass is 10.0. The van der Waals surface area contributed by atoms with Crippen molar-refractivity contribution in [2.24, 2.45) is 5.73 Å². The smallest absolute Gasteiger partial charge is 0.144 e. The van der Waals surface area contributed by atoms with E-state index in [1.165, 1.54) is 0 Å². The van der Waals surface area contributed by atoms with Crippen LogP contribution < -0.4 is 5.73 Å². The lowest BCUT2D eigenvalue weighted by molar-refractivity contribution is 0.615. The molecular weight excluding hydrogens is 201 g/mol. The van der Waals surface area contributed by atoms with Gasteiger partial charge in [0.15, 0.2) is 0 Å². The van der Waals surface area contributed by atoms with E-state index in [9.17, 15) is 4.39 Å². The molecule has 0 spiro atoms. The van der Waals surface area contributed by atoms with Crippen molar-refractivity contribution in [3.8, 4) is 0 Å². The first-order chi connectivity index (χ1) is 6.50. The second-order valence-electron chi connectivity index (χ2n) is 4.25. The number of halogens is 2. The van der Waals surface area contributed by atoms with Crippen LogP contribution in [0.3, 0.4) is 0 Å². The molecule has 1 nitrogen and oxygen atoms in total. The van der Waals surface area contributed by atoms with Gasteiger partial charge in [0.1, 0.15) is 5.82 Å². The molecule has 0 amide bonds. The van der Waals surface area contributed by atoms with Gasteiger partial charge in [-0.1, -0.05) is 17.7 Å². The summed E-state index contributed by atoms with van der Waals surface area (Å²) in [6.07, 6.45) is 2.91. The second kappa shape index (κ2) is 3.21. The molecule has 1 fully saturated rings. The van der Waals surface area contributed by atoms with Crippen LogP contribution in [0.2, 0.25) is 5.02 Å². The molecule has 0 bridgehead atoms. The SMILES string of the molecule is Cc1cc(CC2(N)CC2)cc(Cl)c1F. The number of aryl methyl sites for hydroxylation is 1. The quantitative estimate of drug-likeness (QED) is 0.804. The van der Waals surface area contributed by atoms with Crippen LogP contribution in [0.5, 0.6) is 0 Å². The van der Waals surface area contributed by atoms with Crippen molar-refractivity contribution >= 4 is 11.6 Å². The number of benzene rings is 1. The van der Waals surface area contributed by atoms with E-state index in [-0.39, 0.29) is 16.4 Å². The highest BCUT2D eigenvalue weighted by Crippen LogP contribution is 2.36. The van der Waals surface area contributed by atoms with Gasteiger partial charge < -0.3 is 5.73 Å². The highest BCUT2D eigenvalue weighted by molar-refractivity contribution is 6.30. The maximum Gasteiger partial charge on any atom is 0.144 e. The van der Waals surface area contributed by atoms with E-state index in [2.05, 4.69) is 0 Å². The summed E-state index contributed by atoms with van der Waals surface area (Å²) in [6, 6.07) is 3.50. The molecule has 0 saturated heterocycles. The number of hydrogen-bond donors (Lipinski definition) is 1. The summed E-state index contributed by atoms with van der Waals surface area (Å²) < 4.78 is 13.2. The van der Waals surface area contributed by atoms with Gasteiger partial charge in [0.05, 0.1) is 5.02 Å². The fraction of sp³-hybridized carbons (Fsp3) is 0.455. The zero-order valence-corrected chi connectivity index (χ0v) is 8.87. The molecule has 14 heavy (non-hydrogen) atoms. The Morgan fingerprint density at radius 3 is 2.64 bits per heavy atom. The molecule has 76 valence electrons. The lowest BCUT2D eigenvalue weighted by Gasteiger charge is -2.10. The molecule has 0 aliphatic heterocycles. The van der Waals surface area contributed by atoms with Crippen LogP contribution in [0, 0.1) is 12.7 Å². The number of nitrogens with two attached hydrogens (primary N) is 1. The minimum Gasteiger partial charge on any atom is -0.325 e. The van der Waals surface area contributed by atoms with Crippen molar-refractivity contribution in [3.63, 3.8) is 0 Å². The van der Waals surface area contributed by atoms with E-state index in [1.807, 2.05) is 6.07 Å². The molecule has 1 aliphatic carbocycles. The van der Waals surface area contributed by atoms with E-state index < -0.39 is 0 Å². The molecule has 3 heteroatoms. The zero-order valence-electron chi connectivity index (χ0n) is 8.11. The first-order valence-electron chi connectivity index (χ1n) is 4.74. The Bertz CT molecular complexity index is 349. The van der Waals surface area contributed by atoms with Crippen molar-refractivity contribution in [2.75, 3.05) is 0 Å². The van der Waals surface area contributed by atoms with Gasteiger partial charge in [0.2, 0.25) is 0 Å². The predicted molar refractivity (Wildman–Crippen MR) is 56.0 cm³/mol. The average molecular weight is 214 g/mol. The van der Waals surface area contributed by atoms with Gasteiger partial charge >= 0.3 is 0 Å². The molecule has 2 rings (SSSR count). The van der Waals surface area contributed by atoms with Gasteiger partial charge in [-0.25, -0.2) is 4.39 Å². The van der Waals surface area contributed by atoms with Crippen LogP contribution in [-0.4, -0.2) is 5.54 Å². The molecule has 1 saturated carbocycles. The van der Waals surface area contributed by atoms with Gasteiger partial charge in [-0.15, -0.1) is 0 Å². The Kier molecular flexibility index (Phi) is 2.28. The number of rotatable bonds is 2. The third-order valence-corrected chi connectivity index (χ3v) is 2.99. The van der Waals surface area contributed by atoms with E-state index in [4.69, 9.17) is 17.3 Å². The first-order valence-corrected chi connectivity index (χ1v) is 5.11. The summed E-state index contributed by atoms with van der Waals surface area (Å²) in [5.41, 5.74) is 7.56. The molecule has 1 aromatic carbocycles. The Labute approximate surface area is 88.1 Å². The Balaban J connectivity index is 2.26. The van der Waals surface area contributed by atoms with Crippen LogP contribution in [0.1, 0.15) is 24.0 Å². The Morgan fingerprint density at radius 1 is 1.50 bits per heavy atom. The Morgan fingerprint density at radius 2 is 2.14 bits per heavy atom. The van der Waals surface area contributed by atoms with Gasteiger partial charge in [0, 0.05) is 5.54 Å². The van der Waals surface area contributed by atoms with E-state index in [0.717, 1.165) is 24.8 Å². The summed E-state index contributed by atoms with van der Waals surface area (Å²) in [4.78, 5) is 0. The fourth-order valence-electron chi connectivity index (χ4n) is 1.64. The van der Waals surface area contributed by atoms with Gasteiger partial charge in [-0.05, 0) is 43.4 Å². The van der Waals surface area contributed by atoms with Crippen LogP contribution in [0.15, 0.2) is 12.1 Å². The van der Waals surface area contributed by atoms with E-state index in [1.54, 1.807) is 13.0 Å². The molecule has 1 aromatic rings. The third-order valence-electron chi connectivity index (χ3n) is 2.72. The predicted octanol–water partition coefficient (Wildman–Crippen LogP) is 2.82. The minimum absolute atomic E-state index is 0.0480. The van der Waals surface area contributed by atoms with Crippen molar-refractivity contribution in [1.82, 2.24) is 0 Å². The first kappa shape index (κ1) is 9.94. The minimum atomic E-state index is -0.322. The van der Waals surface area contributed by atoms with Gasteiger partial charge in [-0.3, -0.25) is 0 Å². The monoisotopic (exact) mass is 213 g/mol. The average Bonchev–Trinajstić information content (AvgIpc) is 2.79. The lowest BCUT2D eigenvalue weighted by Crippen LogP contribution is -2.24.